The Morgan fingerprint density at radius 1 is 0.929 bits per heavy atom. The fourth-order valence-electron chi connectivity index (χ4n) is 5.56. The van der Waals surface area contributed by atoms with Crippen LogP contribution >= 0.6 is 11.8 Å². The molecule has 3 aliphatic rings. The lowest BCUT2D eigenvalue weighted by atomic mass is 9.77. The van der Waals surface area contributed by atoms with Crippen LogP contribution in [0, 0.1) is 17.8 Å². The van der Waals surface area contributed by atoms with E-state index in [-0.39, 0.29) is 0 Å². The van der Waals surface area contributed by atoms with Crippen molar-refractivity contribution >= 4 is 17.7 Å². The molecule has 0 aromatic rings. The van der Waals surface area contributed by atoms with Crippen LogP contribution in [0.1, 0.15) is 89.9 Å². The smallest absolute Gasteiger partial charge is 0.303 e. The number of fused-ring (bicyclic) bond motifs is 2. The zero-order valence-electron chi connectivity index (χ0n) is 17.5. The number of thioether (sulfide) groups is 1. The third kappa shape index (κ3) is 7.09. The Bertz CT molecular complexity index is 486. The van der Waals surface area contributed by atoms with Gasteiger partial charge >= 0.3 is 5.97 Å². The fraction of sp³-hybridized carbons (Fsp3) is 0.875. The predicted molar refractivity (Wildman–Crippen MR) is 118 cm³/mol. The zero-order valence-corrected chi connectivity index (χ0v) is 18.3. The standard InChI is InChI=1S/C24H40O3S/c25-24(26)14-7-2-1-6-13-20-21(23-16-15-22(20)27-23)18-28-17-9-8-12-19-10-4-3-5-11-19/h8-9,19-23H,1-7,10-18H2,(H,25,26)/b9-8+. The zero-order chi connectivity index (χ0) is 19.6. The van der Waals surface area contributed by atoms with Crippen molar-refractivity contribution in [1.82, 2.24) is 0 Å². The number of ether oxygens (including phenoxy) is 1. The minimum atomic E-state index is -0.661. The molecule has 2 bridgehead atoms. The molecule has 0 radical (unpaired) electrons. The maximum atomic E-state index is 10.6. The highest BCUT2D eigenvalue weighted by molar-refractivity contribution is 7.99. The SMILES string of the molecule is O=C(O)CCCCCCC1C2CCC(O2)C1CSC/C=C/CC1CCCCC1. The molecule has 3 fully saturated rings. The topological polar surface area (TPSA) is 46.5 Å². The minimum Gasteiger partial charge on any atom is -0.481 e. The number of carboxylic acids is 1. The summed E-state index contributed by atoms with van der Waals surface area (Å²) >= 11 is 2.10. The second kappa shape index (κ2) is 12.3. The van der Waals surface area contributed by atoms with Crippen molar-refractivity contribution in [3.63, 3.8) is 0 Å². The van der Waals surface area contributed by atoms with Gasteiger partial charge in [0.15, 0.2) is 0 Å². The molecule has 0 aromatic carbocycles. The first-order chi connectivity index (χ1) is 13.7. The van der Waals surface area contributed by atoms with Crippen LogP contribution < -0.4 is 0 Å². The third-order valence-corrected chi connectivity index (χ3v) is 8.20. The Balaban J connectivity index is 1.29. The Morgan fingerprint density at radius 2 is 1.68 bits per heavy atom. The second-order valence-corrected chi connectivity index (χ2v) is 10.3. The summed E-state index contributed by atoms with van der Waals surface area (Å²) in [5.41, 5.74) is 0. The molecule has 28 heavy (non-hydrogen) atoms. The first-order valence-electron chi connectivity index (χ1n) is 11.8. The molecule has 3 nitrogen and oxygen atoms in total. The molecule has 2 aliphatic heterocycles. The highest BCUT2D eigenvalue weighted by Gasteiger charge is 2.47. The molecule has 0 amide bonds. The summed E-state index contributed by atoms with van der Waals surface area (Å²) in [5.74, 6) is 4.19. The van der Waals surface area contributed by atoms with E-state index in [4.69, 9.17) is 9.84 Å². The van der Waals surface area contributed by atoms with E-state index in [0.717, 1.165) is 36.3 Å². The molecular formula is C24H40O3S. The summed E-state index contributed by atoms with van der Waals surface area (Å²) in [6.45, 7) is 0. The van der Waals surface area contributed by atoms with E-state index in [9.17, 15) is 4.79 Å². The Morgan fingerprint density at radius 3 is 2.46 bits per heavy atom. The molecule has 0 aromatic heterocycles. The summed E-state index contributed by atoms with van der Waals surface area (Å²) in [6, 6.07) is 0. The molecule has 4 atom stereocenters. The first-order valence-corrected chi connectivity index (χ1v) is 13.0. The monoisotopic (exact) mass is 408 g/mol. The number of carbonyl (C=O) groups is 1. The largest absolute Gasteiger partial charge is 0.481 e. The lowest BCUT2D eigenvalue weighted by Crippen LogP contribution is -2.29. The molecule has 3 rings (SSSR count). The highest BCUT2D eigenvalue weighted by Crippen LogP contribution is 2.46. The van der Waals surface area contributed by atoms with Crippen molar-refractivity contribution in [2.75, 3.05) is 11.5 Å². The number of hydrogen-bond acceptors (Lipinski definition) is 3. The molecule has 4 heteroatoms. The molecule has 2 heterocycles. The van der Waals surface area contributed by atoms with Crippen molar-refractivity contribution in [3.05, 3.63) is 12.2 Å². The van der Waals surface area contributed by atoms with Gasteiger partial charge in [0.05, 0.1) is 12.2 Å². The minimum absolute atomic E-state index is 0.324. The molecule has 160 valence electrons. The number of aliphatic carboxylic acids is 1. The van der Waals surface area contributed by atoms with Crippen molar-refractivity contribution < 1.29 is 14.6 Å². The highest BCUT2D eigenvalue weighted by atomic mass is 32.2. The fourth-order valence-corrected chi connectivity index (χ4v) is 6.71. The lowest BCUT2D eigenvalue weighted by Gasteiger charge is -2.27. The predicted octanol–water partition coefficient (Wildman–Crippen LogP) is 6.47. The van der Waals surface area contributed by atoms with Crippen LogP contribution in [0.2, 0.25) is 0 Å². The molecular weight excluding hydrogens is 368 g/mol. The van der Waals surface area contributed by atoms with E-state index in [2.05, 4.69) is 23.9 Å². The number of rotatable bonds is 13. The third-order valence-electron chi connectivity index (χ3n) is 7.15. The maximum absolute atomic E-state index is 10.6. The molecule has 2 saturated heterocycles. The van der Waals surface area contributed by atoms with Crippen LogP contribution in [0.5, 0.6) is 0 Å². The van der Waals surface area contributed by atoms with Crippen LogP contribution in [0.3, 0.4) is 0 Å². The average molecular weight is 409 g/mol. The van der Waals surface area contributed by atoms with Crippen LogP contribution in [0.15, 0.2) is 12.2 Å². The van der Waals surface area contributed by atoms with Crippen molar-refractivity contribution in [2.24, 2.45) is 17.8 Å². The number of hydrogen-bond donors (Lipinski definition) is 1. The molecule has 0 spiro atoms. The summed E-state index contributed by atoms with van der Waals surface area (Å²) in [6.07, 6.45) is 22.8. The summed E-state index contributed by atoms with van der Waals surface area (Å²) in [5, 5.41) is 8.73. The first kappa shape index (κ1) is 22.2. The summed E-state index contributed by atoms with van der Waals surface area (Å²) < 4.78 is 6.26. The number of carboxylic acid groups (broad SMARTS) is 1. The van der Waals surface area contributed by atoms with Gasteiger partial charge in [0.1, 0.15) is 0 Å². The quantitative estimate of drug-likeness (QED) is 0.280. The van der Waals surface area contributed by atoms with Crippen molar-refractivity contribution in [1.29, 1.82) is 0 Å². The van der Waals surface area contributed by atoms with Gasteiger partial charge in [-0.2, -0.15) is 11.8 Å². The molecule has 1 saturated carbocycles. The van der Waals surface area contributed by atoms with E-state index in [0.29, 0.717) is 18.6 Å². The summed E-state index contributed by atoms with van der Waals surface area (Å²) in [4.78, 5) is 10.6. The van der Waals surface area contributed by atoms with Crippen molar-refractivity contribution in [2.45, 2.75) is 102 Å². The average Bonchev–Trinajstić information content (AvgIpc) is 3.30. The van der Waals surface area contributed by atoms with Crippen molar-refractivity contribution in [3.8, 4) is 0 Å². The van der Waals surface area contributed by atoms with Crippen LogP contribution in [0.25, 0.3) is 0 Å². The van der Waals surface area contributed by atoms with E-state index in [1.165, 1.54) is 76.4 Å². The van der Waals surface area contributed by atoms with Gasteiger partial charge in [-0.3, -0.25) is 4.79 Å². The Hall–Kier alpha value is -0.480. The van der Waals surface area contributed by atoms with Gasteiger partial charge in [-0.15, -0.1) is 0 Å². The van der Waals surface area contributed by atoms with Gasteiger partial charge in [0, 0.05) is 12.2 Å². The van der Waals surface area contributed by atoms with Crippen LogP contribution in [0.4, 0.5) is 0 Å². The van der Waals surface area contributed by atoms with Crippen LogP contribution in [-0.4, -0.2) is 34.8 Å². The summed E-state index contributed by atoms with van der Waals surface area (Å²) in [7, 11) is 0. The normalized spacial score (nSPS) is 30.4. The maximum Gasteiger partial charge on any atom is 0.303 e. The molecule has 1 aliphatic carbocycles. The van der Waals surface area contributed by atoms with Gasteiger partial charge in [0.25, 0.3) is 0 Å². The van der Waals surface area contributed by atoms with Gasteiger partial charge < -0.3 is 9.84 Å². The number of unbranched alkanes of at least 4 members (excludes halogenated alkanes) is 3. The van der Waals surface area contributed by atoms with Crippen LogP contribution in [-0.2, 0) is 9.53 Å². The van der Waals surface area contributed by atoms with E-state index < -0.39 is 5.97 Å². The van der Waals surface area contributed by atoms with E-state index >= 15 is 0 Å². The van der Waals surface area contributed by atoms with E-state index in [1.807, 2.05) is 0 Å². The van der Waals surface area contributed by atoms with E-state index in [1.54, 1.807) is 0 Å². The molecule has 1 N–H and O–H groups in total. The second-order valence-electron chi connectivity index (χ2n) is 9.21. The van der Waals surface area contributed by atoms with Gasteiger partial charge in [0.2, 0.25) is 0 Å². The Kier molecular flexibility index (Phi) is 9.73. The molecule has 4 unspecified atom stereocenters. The van der Waals surface area contributed by atoms with Gasteiger partial charge in [-0.25, -0.2) is 0 Å². The van der Waals surface area contributed by atoms with Gasteiger partial charge in [-0.05, 0) is 55.6 Å². The Labute approximate surface area is 176 Å². The lowest BCUT2D eigenvalue weighted by molar-refractivity contribution is -0.137. The van der Waals surface area contributed by atoms with Gasteiger partial charge in [-0.1, -0.05) is 63.5 Å². The number of allylic oxidation sites excluding steroid dienone is 1.